The van der Waals surface area contributed by atoms with Crippen molar-refractivity contribution in [2.75, 3.05) is 6.61 Å². The van der Waals surface area contributed by atoms with E-state index in [1.807, 2.05) is 42.5 Å². The van der Waals surface area contributed by atoms with E-state index in [1.165, 1.54) is 0 Å². The van der Waals surface area contributed by atoms with Crippen LogP contribution in [-0.4, -0.2) is 30.4 Å². The molecule has 0 aromatic heterocycles. The van der Waals surface area contributed by atoms with Gasteiger partial charge >= 0.3 is 12.0 Å². The van der Waals surface area contributed by atoms with E-state index in [2.05, 4.69) is 34.9 Å². The molecule has 3 aromatic rings. The first-order valence-corrected chi connectivity index (χ1v) is 14.3. The van der Waals surface area contributed by atoms with E-state index < -0.39 is 11.7 Å². The second-order valence-corrected chi connectivity index (χ2v) is 11.5. The van der Waals surface area contributed by atoms with Crippen LogP contribution in [0.4, 0.5) is 4.79 Å². The molecule has 1 aliphatic carbocycles. The van der Waals surface area contributed by atoms with E-state index in [9.17, 15) is 9.59 Å². The smallest absolute Gasteiger partial charge is 0.344 e. The summed E-state index contributed by atoms with van der Waals surface area (Å²) in [6.07, 6.45) is 2.53. The second kappa shape index (κ2) is 10.7. The monoisotopic (exact) mass is 560 g/mol. The van der Waals surface area contributed by atoms with Gasteiger partial charge in [-0.05, 0) is 43.9 Å². The van der Waals surface area contributed by atoms with Crippen LogP contribution in [0, 0.1) is 11.8 Å². The molecule has 7 nitrogen and oxygen atoms in total. The number of rotatable bonds is 6. The van der Waals surface area contributed by atoms with Gasteiger partial charge in [0.15, 0.2) is 12.3 Å². The summed E-state index contributed by atoms with van der Waals surface area (Å²) in [5.74, 6) is 0.320. The highest BCUT2D eigenvalue weighted by Crippen LogP contribution is 2.58. The van der Waals surface area contributed by atoms with Crippen LogP contribution in [-0.2, 0) is 9.53 Å². The lowest BCUT2D eigenvalue weighted by Gasteiger charge is -2.58. The van der Waals surface area contributed by atoms with E-state index >= 15 is 0 Å². The minimum absolute atomic E-state index is 0.0215. The fourth-order valence-corrected chi connectivity index (χ4v) is 7.01. The Kier molecular flexibility index (Phi) is 7.09. The van der Waals surface area contributed by atoms with Crippen molar-refractivity contribution in [3.05, 3.63) is 94.5 Å². The largest absolute Gasteiger partial charge is 0.480 e. The van der Waals surface area contributed by atoms with Gasteiger partial charge in [0.25, 0.3) is 0 Å². The molecule has 1 saturated carbocycles. The maximum atomic E-state index is 13.3. The predicted molar refractivity (Wildman–Crippen MR) is 152 cm³/mol. The molecular weight excluding hydrogens is 528 g/mol. The quantitative estimate of drug-likeness (QED) is 0.343. The molecule has 3 aromatic carbocycles. The standard InChI is InChI=1S/C32H33ClN2O5/c1-19(2)39-28(36)18-38-27-17-26-22(16-25(27)33)29(20-10-5-3-6-11-20)23-14-9-15-24-30(21-12-7-4-8-13-21)34-31(37)35-32(23,24)40-26/h3-8,10-13,16-17,19,23-24,29-30H,9,14-15,18H2,1-2H3,(H2,34,35,37)/t23-,24+,29-,30+,32-/m0/s1. The Morgan fingerprint density at radius 3 is 2.40 bits per heavy atom. The molecular formula is C32H33ClN2O5. The van der Waals surface area contributed by atoms with E-state index in [-0.39, 0.29) is 42.5 Å². The summed E-state index contributed by atoms with van der Waals surface area (Å²) < 4.78 is 18.0. The summed E-state index contributed by atoms with van der Waals surface area (Å²) >= 11 is 6.73. The van der Waals surface area contributed by atoms with Crippen molar-refractivity contribution in [3.8, 4) is 11.5 Å². The molecule has 6 rings (SSSR count). The predicted octanol–water partition coefficient (Wildman–Crippen LogP) is 6.36. The Morgan fingerprint density at radius 2 is 1.70 bits per heavy atom. The maximum Gasteiger partial charge on any atom is 0.344 e. The minimum Gasteiger partial charge on any atom is -0.480 e. The van der Waals surface area contributed by atoms with Crippen LogP contribution in [0.1, 0.15) is 61.8 Å². The molecule has 2 N–H and O–H groups in total. The van der Waals surface area contributed by atoms with Crippen LogP contribution >= 0.6 is 11.6 Å². The zero-order valence-electron chi connectivity index (χ0n) is 22.6. The first kappa shape index (κ1) is 26.5. The molecule has 1 spiro atoms. The van der Waals surface area contributed by atoms with Gasteiger partial charge in [0, 0.05) is 29.4 Å². The number of fused-ring (bicyclic) bond motifs is 1. The normalized spacial score (nSPS) is 26.8. The SMILES string of the molecule is CC(C)OC(=O)COc1cc2c(cc1Cl)[C@H](c1ccccc1)[C@@H]1CCC[C@@H]3[C@@H](c4ccccc4)NC(=O)N[C@@]31O2. The van der Waals surface area contributed by atoms with Crippen molar-refractivity contribution in [3.63, 3.8) is 0 Å². The first-order valence-electron chi connectivity index (χ1n) is 13.9. The number of benzene rings is 3. The summed E-state index contributed by atoms with van der Waals surface area (Å²) in [6, 6.07) is 23.6. The van der Waals surface area contributed by atoms with Crippen molar-refractivity contribution >= 4 is 23.6 Å². The van der Waals surface area contributed by atoms with E-state index in [0.29, 0.717) is 16.5 Å². The van der Waals surface area contributed by atoms with Gasteiger partial charge in [-0.25, -0.2) is 9.59 Å². The Balaban J connectivity index is 1.45. The van der Waals surface area contributed by atoms with Gasteiger partial charge < -0.3 is 19.5 Å². The van der Waals surface area contributed by atoms with Gasteiger partial charge in [-0.1, -0.05) is 78.7 Å². The van der Waals surface area contributed by atoms with Crippen molar-refractivity contribution in [2.45, 2.75) is 56.9 Å². The Labute approximate surface area is 239 Å². The number of halogens is 1. The molecule has 1 saturated heterocycles. The fraction of sp³-hybridized carbons (Fsp3) is 0.375. The number of carbonyl (C=O) groups is 2. The molecule has 3 aliphatic rings. The van der Waals surface area contributed by atoms with Gasteiger partial charge in [0.05, 0.1) is 17.2 Å². The molecule has 8 heteroatoms. The van der Waals surface area contributed by atoms with Crippen LogP contribution in [0.3, 0.4) is 0 Å². The molecule has 0 bridgehead atoms. The number of esters is 1. The lowest BCUT2D eigenvalue weighted by Crippen LogP contribution is -2.73. The van der Waals surface area contributed by atoms with Crippen LogP contribution < -0.4 is 20.1 Å². The molecule has 208 valence electrons. The van der Waals surface area contributed by atoms with Gasteiger partial charge in [-0.3, -0.25) is 5.32 Å². The summed E-state index contributed by atoms with van der Waals surface area (Å²) in [4.78, 5) is 25.5. The molecule has 0 radical (unpaired) electrons. The van der Waals surface area contributed by atoms with E-state index in [4.69, 9.17) is 25.8 Å². The van der Waals surface area contributed by atoms with Crippen molar-refractivity contribution < 1.29 is 23.8 Å². The summed E-state index contributed by atoms with van der Waals surface area (Å²) in [5, 5.41) is 6.83. The molecule has 2 fully saturated rings. The van der Waals surface area contributed by atoms with Crippen molar-refractivity contribution in [1.29, 1.82) is 0 Å². The van der Waals surface area contributed by atoms with Gasteiger partial charge in [-0.2, -0.15) is 0 Å². The van der Waals surface area contributed by atoms with Crippen LogP contribution in [0.15, 0.2) is 72.8 Å². The van der Waals surface area contributed by atoms with E-state index in [0.717, 1.165) is 36.0 Å². The number of nitrogens with one attached hydrogen (secondary N) is 2. The van der Waals surface area contributed by atoms with Crippen LogP contribution in [0.5, 0.6) is 11.5 Å². The third kappa shape index (κ3) is 4.77. The molecule has 2 heterocycles. The van der Waals surface area contributed by atoms with Crippen LogP contribution in [0.25, 0.3) is 0 Å². The van der Waals surface area contributed by atoms with Crippen molar-refractivity contribution in [2.24, 2.45) is 11.8 Å². The number of hydrogen-bond acceptors (Lipinski definition) is 5. The Bertz CT molecular complexity index is 1400. The van der Waals surface area contributed by atoms with Gasteiger partial charge in [-0.15, -0.1) is 0 Å². The highest BCUT2D eigenvalue weighted by atomic mass is 35.5. The maximum absolute atomic E-state index is 13.3. The first-order chi connectivity index (χ1) is 19.4. The molecule has 5 atom stereocenters. The summed E-state index contributed by atoms with van der Waals surface area (Å²) in [5.41, 5.74) is 2.17. The zero-order chi connectivity index (χ0) is 27.9. The molecule has 2 aliphatic heterocycles. The highest BCUT2D eigenvalue weighted by molar-refractivity contribution is 6.32. The van der Waals surface area contributed by atoms with Gasteiger partial charge in [0.2, 0.25) is 0 Å². The third-order valence-electron chi connectivity index (χ3n) is 8.24. The third-order valence-corrected chi connectivity index (χ3v) is 8.54. The average molecular weight is 561 g/mol. The van der Waals surface area contributed by atoms with Gasteiger partial charge in [0.1, 0.15) is 11.5 Å². The molecule has 0 unspecified atom stereocenters. The van der Waals surface area contributed by atoms with Crippen LogP contribution in [0.2, 0.25) is 5.02 Å². The second-order valence-electron chi connectivity index (χ2n) is 11.1. The highest BCUT2D eigenvalue weighted by Gasteiger charge is 2.61. The molecule has 40 heavy (non-hydrogen) atoms. The van der Waals surface area contributed by atoms with Crippen molar-refractivity contribution in [1.82, 2.24) is 10.6 Å². The summed E-state index contributed by atoms with van der Waals surface area (Å²) in [7, 11) is 0. The number of amides is 2. The number of carbonyl (C=O) groups excluding carboxylic acids is 2. The topological polar surface area (TPSA) is 85.9 Å². The molecule has 2 amide bonds. The lowest BCUT2D eigenvalue weighted by molar-refractivity contribution is -0.149. The Morgan fingerprint density at radius 1 is 1.02 bits per heavy atom. The number of hydrogen-bond donors (Lipinski definition) is 2. The minimum atomic E-state index is -0.948. The fourth-order valence-electron chi connectivity index (χ4n) is 6.78. The average Bonchev–Trinajstić information content (AvgIpc) is 2.94. The Hall–Kier alpha value is -3.71. The summed E-state index contributed by atoms with van der Waals surface area (Å²) in [6.45, 7) is 3.30. The lowest BCUT2D eigenvalue weighted by atomic mass is 9.60. The van der Waals surface area contributed by atoms with E-state index in [1.54, 1.807) is 19.9 Å². The number of ether oxygens (including phenoxy) is 3. The number of urea groups is 1. The zero-order valence-corrected chi connectivity index (χ0v) is 23.3.